The standard InChI is InChI=1S/C6H2BrClIN3/c7-3-1-2(8)4-5(10-3)6(9)12-11-4/h1H,(H,11,12). The highest BCUT2D eigenvalue weighted by Gasteiger charge is 2.08. The maximum Gasteiger partial charge on any atom is 0.130 e. The second-order valence-electron chi connectivity index (χ2n) is 2.16. The minimum absolute atomic E-state index is 0.603. The van der Waals surface area contributed by atoms with E-state index in [1.165, 1.54) is 0 Å². The Morgan fingerprint density at radius 1 is 1.50 bits per heavy atom. The van der Waals surface area contributed by atoms with Crippen LogP contribution in [-0.4, -0.2) is 15.2 Å². The Hall–Kier alpha value is 0.120. The van der Waals surface area contributed by atoms with Crippen LogP contribution in [0.3, 0.4) is 0 Å². The fourth-order valence-electron chi connectivity index (χ4n) is 0.895. The molecule has 0 aliphatic carbocycles. The third-order valence-electron chi connectivity index (χ3n) is 1.39. The summed E-state index contributed by atoms with van der Waals surface area (Å²) in [6, 6.07) is 1.72. The zero-order chi connectivity index (χ0) is 8.72. The van der Waals surface area contributed by atoms with Gasteiger partial charge in [0.05, 0.1) is 5.02 Å². The van der Waals surface area contributed by atoms with Crippen molar-refractivity contribution in [3.8, 4) is 0 Å². The fourth-order valence-corrected chi connectivity index (χ4v) is 2.17. The highest BCUT2D eigenvalue weighted by atomic mass is 127. The van der Waals surface area contributed by atoms with Gasteiger partial charge in [-0.15, -0.1) is 0 Å². The monoisotopic (exact) mass is 357 g/mol. The number of hydrogen-bond donors (Lipinski definition) is 1. The summed E-state index contributed by atoms with van der Waals surface area (Å²) in [5.74, 6) is 0. The molecule has 62 valence electrons. The van der Waals surface area contributed by atoms with Gasteiger partial charge in [-0.05, 0) is 44.6 Å². The van der Waals surface area contributed by atoms with Gasteiger partial charge in [0.2, 0.25) is 0 Å². The molecular formula is C6H2BrClIN3. The SMILES string of the molecule is Clc1cc(Br)nc2c(I)[nH]nc12. The summed E-state index contributed by atoms with van der Waals surface area (Å²) in [6.07, 6.45) is 0. The van der Waals surface area contributed by atoms with Crippen molar-refractivity contribution in [2.75, 3.05) is 0 Å². The molecule has 0 atom stereocenters. The smallest absolute Gasteiger partial charge is 0.130 e. The van der Waals surface area contributed by atoms with Crippen LogP contribution in [-0.2, 0) is 0 Å². The number of H-pyrrole nitrogens is 1. The molecule has 0 saturated heterocycles. The average molecular weight is 358 g/mol. The molecule has 0 aliphatic heterocycles. The van der Waals surface area contributed by atoms with Crippen LogP contribution in [0.25, 0.3) is 11.0 Å². The maximum atomic E-state index is 5.92. The largest absolute Gasteiger partial charge is 0.269 e. The lowest BCUT2D eigenvalue weighted by atomic mass is 10.4. The Morgan fingerprint density at radius 2 is 2.25 bits per heavy atom. The van der Waals surface area contributed by atoms with Crippen molar-refractivity contribution < 1.29 is 0 Å². The minimum atomic E-state index is 0.603. The van der Waals surface area contributed by atoms with Gasteiger partial charge in [0.1, 0.15) is 19.3 Å². The van der Waals surface area contributed by atoms with Crippen LogP contribution < -0.4 is 0 Å². The number of aromatic amines is 1. The molecular weight excluding hydrogens is 356 g/mol. The Kier molecular flexibility index (Phi) is 2.26. The molecule has 12 heavy (non-hydrogen) atoms. The van der Waals surface area contributed by atoms with E-state index in [0.717, 1.165) is 13.8 Å². The van der Waals surface area contributed by atoms with Gasteiger partial charge < -0.3 is 0 Å². The number of pyridine rings is 1. The number of rotatable bonds is 0. The van der Waals surface area contributed by atoms with Gasteiger partial charge in [0.15, 0.2) is 0 Å². The van der Waals surface area contributed by atoms with Crippen molar-refractivity contribution >= 4 is 61.2 Å². The van der Waals surface area contributed by atoms with E-state index in [1.807, 2.05) is 0 Å². The number of nitrogens with zero attached hydrogens (tertiary/aromatic N) is 2. The van der Waals surface area contributed by atoms with Gasteiger partial charge in [-0.2, -0.15) is 5.10 Å². The van der Waals surface area contributed by atoms with Crippen LogP contribution in [0.1, 0.15) is 0 Å². The molecule has 2 rings (SSSR count). The maximum absolute atomic E-state index is 5.92. The van der Waals surface area contributed by atoms with E-state index in [-0.39, 0.29) is 0 Å². The molecule has 3 nitrogen and oxygen atoms in total. The summed E-state index contributed by atoms with van der Waals surface area (Å²) in [5.41, 5.74) is 1.51. The Balaban J connectivity index is 2.92. The van der Waals surface area contributed by atoms with Crippen molar-refractivity contribution in [3.05, 3.63) is 19.4 Å². The first-order valence-corrected chi connectivity index (χ1v) is 5.29. The van der Waals surface area contributed by atoms with Crippen LogP contribution in [0.2, 0.25) is 5.02 Å². The third-order valence-corrected chi connectivity index (χ3v) is 2.84. The molecule has 2 aromatic rings. The van der Waals surface area contributed by atoms with Crippen LogP contribution in [0, 0.1) is 3.70 Å². The van der Waals surface area contributed by atoms with Crippen molar-refractivity contribution in [1.29, 1.82) is 0 Å². The normalized spacial score (nSPS) is 10.9. The first-order chi connectivity index (χ1) is 5.68. The van der Waals surface area contributed by atoms with Crippen molar-refractivity contribution in [2.24, 2.45) is 0 Å². The van der Waals surface area contributed by atoms with Gasteiger partial charge in [0.25, 0.3) is 0 Å². The van der Waals surface area contributed by atoms with E-state index in [0.29, 0.717) is 10.5 Å². The molecule has 0 aromatic carbocycles. The van der Waals surface area contributed by atoms with Crippen LogP contribution >= 0.6 is 50.1 Å². The zero-order valence-corrected chi connectivity index (χ0v) is 10.1. The summed E-state index contributed by atoms with van der Waals surface area (Å²) < 4.78 is 1.62. The summed E-state index contributed by atoms with van der Waals surface area (Å²) in [7, 11) is 0. The molecule has 2 heterocycles. The molecule has 0 radical (unpaired) electrons. The number of halogens is 3. The second-order valence-corrected chi connectivity index (χ2v) is 4.46. The highest BCUT2D eigenvalue weighted by molar-refractivity contribution is 14.1. The first kappa shape index (κ1) is 8.71. The van der Waals surface area contributed by atoms with Gasteiger partial charge in [-0.3, -0.25) is 5.10 Å². The van der Waals surface area contributed by atoms with Crippen LogP contribution in [0.15, 0.2) is 10.7 Å². The lowest BCUT2D eigenvalue weighted by molar-refractivity contribution is 1.09. The minimum Gasteiger partial charge on any atom is -0.269 e. The third kappa shape index (κ3) is 1.33. The molecule has 1 N–H and O–H groups in total. The number of hydrogen-bond acceptors (Lipinski definition) is 2. The quantitative estimate of drug-likeness (QED) is 0.581. The molecule has 0 spiro atoms. The molecule has 0 amide bonds. The average Bonchev–Trinajstić information content (AvgIpc) is 2.33. The van der Waals surface area contributed by atoms with Gasteiger partial charge in [0, 0.05) is 0 Å². The molecule has 0 unspecified atom stereocenters. The molecule has 0 aliphatic rings. The van der Waals surface area contributed by atoms with Crippen molar-refractivity contribution in [1.82, 2.24) is 15.2 Å². The molecule has 2 aromatic heterocycles. The summed E-state index contributed by atoms with van der Waals surface area (Å²) in [6.45, 7) is 0. The second kappa shape index (κ2) is 3.12. The fraction of sp³-hybridized carbons (Fsp3) is 0. The molecule has 0 bridgehead atoms. The molecule has 6 heteroatoms. The van der Waals surface area contributed by atoms with E-state index < -0.39 is 0 Å². The summed E-state index contributed by atoms with van der Waals surface area (Å²) in [4.78, 5) is 4.23. The van der Waals surface area contributed by atoms with Gasteiger partial charge in [-0.1, -0.05) is 11.6 Å². The van der Waals surface area contributed by atoms with Gasteiger partial charge in [-0.25, -0.2) is 4.98 Å². The molecule has 0 fully saturated rings. The predicted molar refractivity (Wildman–Crippen MR) is 59.3 cm³/mol. The van der Waals surface area contributed by atoms with E-state index in [9.17, 15) is 0 Å². The van der Waals surface area contributed by atoms with Crippen LogP contribution in [0.4, 0.5) is 0 Å². The highest BCUT2D eigenvalue weighted by Crippen LogP contribution is 2.25. The molecule has 0 saturated carbocycles. The first-order valence-electron chi connectivity index (χ1n) is 3.04. The lowest BCUT2D eigenvalue weighted by Gasteiger charge is -1.92. The van der Waals surface area contributed by atoms with E-state index in [1.54, 1.807) is 6.07 Å². The number of fused-ring (bicyclic) bond motifs is 1. The lowest BCUT2D eigenvalue weighted by Crippen LogP contribution is -1.79. The Bertz CT molecular complexity index is 442. The Labute approximate surface area is 95.2 Å². The van der Waals surface area contributed by atoms with Gasteiger partial charge >= 0.3 is 0 Å². The van der Waals surface area contributed by atoms with E-state index >= 15 is 0 Å². The topological polar surface area (TPSA) is 41.6 Å². The predicted octanol–water partition coefficient (Wildman–Crippen LogP) is 2.98. The number of nitrogens with one attached hydrogen (secondary N) is 1. The van der Waals surface area contributed by atoms with E-state index in [4.69, 9.17) is 11.6 Å². The summed E-state index contributed by atoms with van der Waals surface area (Å²) in [5, 5.41) is 7.43. The van der Waals surface area contributed by atoms with Crippen molar-refractivity contribution in [3.63, 3.8) is 0 Å². The van der Waals surface area contributed by atoms with E-state index in [2.05, 4.69) is 53.7 Å². The Morgan fingerprint density at radius 3 is 3.00 bits per heavy atom. The zero-order valence-electron chi connectivity index (χ0n) is 5.61. The summed E-state index contributed by atoms with van der Waals surface area (Å²) >= 11 is 11.3. The number of aromatic nitrogens is 3. The van der Waals surface area contributed by atoms with Crippen LogP contribution in [0.5, 0.6) is 0 Å². The van der Waals surface area contributed by atoms with Crippen molar-refractivity contribution in [2.45, 2.75) is 0 Å².